The Kier molecular flexibility index (Phi) is 3.60. The topological polar surface area (TPSA) is 87.0 Å². The van der Waals surface area contributed by atoms with Crippen molar-refractivity contribution >= 4 is 5.97 Å². The second-order valence-electron chi connectivity index (χ2n) is 3.82. The number of hydrogen-bond donors (Lipinski definition) is 3. The van der Waals surface area contributed by atoms with Crippen LogP contribution in [-0.4, -0.2) is 27.9 Å². The fraction of sp³-hybridized carbons (Fsp3) is 0.364. The summed E-state index contributed by atoms with van der Waals surface area (Å²) < 4.78 is 4.87. The SMILES string of the molecule is CC(C)COC(=O)c1ccc(O)c(O)c1O. The molecule has 5 nitrogen and oxygen atoms in total. The van der Waals surface area contributed by atoms with Crippen LogP contribution in [0.2, 0.25) is 0 Å². The maximum Gasteiger partial charge on any atom is 0.342 e. The van der Waals surface area contributed by atoms with Crippen LogP contribution in [0.25, 0.3) is 0 Å². The Balaban J connectivity index is 2.88. The summed E-state index contributed by atoms with van der Waals surface area (Å²) >= 11 is 0. The van der Waals surface area contributed by atoms with E-state index in [-0.39, 0.29) is 18.1 Å². The number of benzene rings is 1. The van der Waals surface area contributed by atoms with Crippen molar-refractivity contribution < 1.29 is 24.9 Å². The molecule has 0 saturated heterocycles. The van der Waals surface area contributed by atoms with Crippen LogP contribution in [0.4, 0.5) is 0 Å². The van der Waals surface area contributed by atoms with Gasteiger partial charge in [0.15, 0.2) is 11.5 Å². The van der Waals surface area contributed by atoms with Gasteiger partial charge in [-0.05, 0) is 18.1 Å². The highest BCUT2D eigenvalue weighted by Gasteiger charge is 2.18. The first-order chi connectivity index (χ1) is 7.43. The summed E-state index contributed by atoms with van der Waals surface area (Å²) in [4.78, 5) is 11.5. The highest BCUT2D eigenvalue weighted by Crippen LogP contribution is 2.37. The molecule has 16 heavy (non-hydrogen) atoms. The van der Waals surface area contributed by atoms with Crippen molar-refractivity contribution in [3.05, 3.63) is 17.7 Å². The summed E-state index contributed by atoms with van der Waals surface area (Å²) in [6, 6.07) is 2.30. The van der Waals surface area contributed by atoms with E-state index < -0.39 is 23.2 Å². The molecule has 0 aliphatic rings. The molecule has 1 aromatic rings. The van der Waals surface area contributed by atoms with Crippen LogP contribution < -0.4 is 0 Å². The number of phenolic OH excluding ortho intramolecular Hbond substituents is 3. The number of hydrogen-bond acceptors (Lipinski definition) is 5. The molecule has 0 aliphatic carbocycles. The van der Waals surface area contributed by atoms with E-state index in [4.69, 9.17) is 9.84 Å². The lowest BCUT2D eigenvalue weighted by molar-refractivity contribution is 0.0455. The first-order valence-electron chi connectivity index (χ1n) is 4.84. The zero-order chi connectivity index (χ0) is 12.3. The molecule has 0 fully saturated rings. The van der Waals surface area contributed by atoms with Gasteiger partial charge >= 0.3 is 5.97 Å². The highest BCUT2D eigenvalue weighted by molar-refractivity contribution is 5.93. The molecule has 0 aliphatic heterocycles. The Bertz CT molecular complexity index is 398. The Morgan fingerprint density at radius 1 is 1.25 bits per heavy atom. The lowest BCUT2D eigenvalue weighted by Gasteiger charge is -2.09. The largest absolute Gasteiger partial charge is 0.504 e. The van der Waals surface area contributed by atoms with Gasteiger partial charge in [-0.15, -0.1) is 0 Å². The van der Waals surface area contributed by atoms with Gasteiger partial charge in [-0.1, -0.05) is 13.8 Å². The van der Waals surface area contributed by atoms with Gasteiger partial charge in [-0.3, -0.25) is 0 Å². The number of ether oxygens (including phenoxy) is 1. The van der Waals surface area contributed by atoms with Gasteiger partial charge in [0.2, 0.25) is 5.75 Å². The van der Waals surface area contributed by atoms with E-state index >= 15 is 0 Å². The standard InChI is InChI=1S/C11H14O5/c1-6(2)5-16-11(15)7-3-4-8(12)10(14)9(7)13/h3-4,6,12-14H,5H2,1-2H3. The molecule has 0 radical (unpaired) electrons. The number of carbonyl (C=O) groups excluding carboxylic acids is 1. The average Bonchev–Trinajstić information content (AvgIpc) is 2.23. The van der Waals surface area contributed by atoms with Crippen LogP contribution in [0.15, 0.2) is 12.1 Å². The van der Waals surface area contributed by atoms with Gasteiger partial charge in [0.1, 0.15) is 5.56 Å². The van der Waals surface area contributed by atoms with Crippen LogP contribution in [0, 0.1) is 5.92 Å². The minimum absolute atomic E-state index is 0.170. The third kappa shape index (κ3) is 2.56. The van der Waals surface area contributed by atoms with Gasteiger partial charge in [0, 0.05) is 0 Å². The fourth-order valence-corrected chi connectivity index (χ4v) is 1.05. The molecule has 0 heterocycles. The number of aromatic hydroxyl groups is 3. The van der Waals surface area contributed by atoms with Gasteiger partial charge < -0.3 is 20.1 Å². The summed E-state index contributed by atoms with van der Waals surface area (Å²) in [5.74, 6) is -2.44. The first kappa shape index (κ1) is 12.2. The minimum Gasteiger partial charge on any atom is -0.504 e. The number of esters is 1. The summed E-state index contributed by atoms with van der Waals surface area (Å²) in [6.45, 7) is 3.97. The predicted octanol–water partition coefficient (Wildman–Crippen LogP) is 1.62. The summed E-state index contributed by atoms with van der Waals surface area (Å²) in [6.07, 6.45) is 0. The minimum atomic E-state index is -0.735. The van der Waals surface area contributed by atoms with Crippen molar-refractivity contribution in [2.45, 2.75) is 13.8 Å². The molecule has 3 N–H and O–H groups in total. The van der Waals surface area contributed by atoms with E-state index in [1.807, 2.05) is 13.8 Å². The Hall–Kier alpha value is -1.91. The first-order valence-corrected chi connectivity index (χ1v) is 4.84. The van der Waals surface area contributed by atoms with Crippen molar-refractivity contribution in [2.75, 3.05) is 6.61 Å². The third-order valence-corrected chi connectivity index (χ3v) is 1.90. The smallest absolute Gasteiger partial charge is 0.342 e. The normalized spacial score (nSPS) is 10.4. The molecule has 0 spiro atoms. The maximum atomic E-state index is 11.5. The van der Waals surface area contributed by atoms with E-state index in [1.165, 1.54) is 6.07 Å². The maximum absolute atomic E-state index is 11.5. The van der Waals surface area contributed by atoms with Gasteiger partial charge in [-0.2, -0.15) is 0 Å². The molecular formula is C11H14O5. The van der Waals surface area contributed by atoms with E-state index in [9.17, 15) is 15.0 Å². The lowest BCUT2D eigenvalue weighted by Crippen LogP contribution is -2.10. The molecule has 0 aromatic heterocycles. The van der Waals surface area contributed by atoms with Crippen LogP contribution in [-0.2, 0) is 4.74 Å². The van der Waals surface area contributed by atoms with Crippen molar-refractivity contribution in [3.8, 4) is 17.2 Å². The van der Waals surface area contributed by atoms with Gasteiger partial charge in [0.25, 0.3) is 0 Å². The Morgan fingerprint density at radius 3 is 2.44 bits per heavy atom. The monoisotopic (exact) mass is 226 g/mol. The zero-order valence-corrected chi connectivity index (χ0v) is 9.10. The number of carbonyl (C=O) groups is 1. The summed E-state index contributed by atoms with van der Waals surface area (Å²) in [5, 5.41) is 27.7. The van der Waals surface area contributed by atoms with Crippen molar-refractivity contribution in [2.24, 2.45) is 5.92 Å². The quantitative estimate of drug-likeness (QED) is 0.538. The van der Waals surface area contributed by atoms with Crippen molar-refractivity contribution in [1.29, 1.82) is 0 Å². The number of rotatable bonds is 3. The molecular weight excluding hydrogens is 212 g/mol. The van der Waals surface area contributed by atoms with Crippen LogP contribution in [0.3, 0.4) is 0 Å². The molecule has 0 amide bonds. The fourth-order valence-electron chi connectivity index (χ4n) is 1.05. The molecule has 0 bridgehead atoms. The van der Waals surface area contributed by atoms with Crippen LogP contribution >= 0.6 is 0 Å². The highest BCUT2D eigenvalue weighted by atomic mass is 16.5. The second kappa shape index (κ2) is 4.74. The van der Waals surface area contributed by atoms with E-state index in [0.29, 0.717) is 0 Å². The van der Waals surface area contributed by atoms with Crippen molar-refractivity contribution in [1.82, 2.24) is 0 Å². The third-order valence-electron chi connectivity index (χ3n) is 1.90. The Morgan fingerprint density at radius 2 is 1.88 bits per heavy atom. The summed E-state index contributed by atoms with van der Waals surface area (Å²) in [5.41, 5.74) is -0.170. The molecule has 0 unspecified atom stereocenters. The summed E-state index contributed by atoms with van der Waals surface area (Å²) in [7, 11) is 0. The molecule has 0 saturated carbocycles. The van der Waals surface area contributed by atoms with Crippen LogP contribution in [0.5, 0.6) is 17.2 Å². The molecule has 1 aromatic carbocycles. The number of phenols is 3. The average molecular weight is 226 g/mol. The zero-order valence-electron chi connectivity index (χ0n) is 9.10. The molecule has 0 atom stereocenters. The van der Waals surface area contributed by atoms with Crippen molar-refractivity contribution in [3.63, 3.8) is 0 Å². The van der Waals surface area contributed by atoms with E-state index in [1.54, 1.807) is 0 Å². The second-order valence-corrected chi connectivity index (χ2v) is 3.82. The van der Waals surface area contributed by atoms with E-state index in [2.05, 4.69) is 0 Å². The molecule has 5 heteroatoms. The molecule has 1 rings (SSSR count). The Labute approximate surface area is 92.9 Å². The van der Waals surface area contributed by atoms with Gasteiger partial charge in [0.05, 0.1) is 6.61 Å². The lowest BCUT2D eigenvalue weighted by atomic mass is 10.1. The van der Waals surface area contributed by atoms with Crippen LogP contribution in [0.1, 0.15) is 24.2 Å². The molecule has 88 valence electrons. The van der Waals surface area contributed by atoms with E-state index in [0.717, 1.165) is 6.07 Å². The predicted molar refractivity (Wildman–Crippen MR) is 56.6 cm³/mol. The van der Waals surface area contributed by atoms with Gasteiger partial charge in [-0.25, -0.2) is 4.79 Å².